The first-order valence-electron chi connectivity index (χ1n) is 8.28. The van der Waals surface area contributed by atoms with E-state index in [1.165, 1.54) is 18.1 Å². The van der Waals surface area contributed by atoms with Gasteiger partial charge in [0.05, 0.1) is 0 Å². The molecular formula is C19H24FN3. The smallest absolute Gasteiger partial charge is 0.123 e. The molecule has 0 amide bonds. The van der Waals surface area contributed by atoms with Crippen LogP contribution in [0.3, 0.4) is 0 Å². The van der Waals surface area contributed by atoms with Crippen molar-refractivity contribution >= 4 is 0 Å². The van der Waals surface area contributed by atoms with Gasteiger partial charge in [-0.1, -0.05) is 12.1 Å². The lowest BCUT2D eigenvalue weighted by Crippen LogP contribution is -2.30. The van der Waals surface area contributed by atoms with E-state index in [9.17, 15) is 4.39 Å². The van der Waals surface area contributed by atoms with Crippen LogP contribution in [0.2, 0.25) is 0 Å². The summed E-state index contributed by atoms with van der Waals surface area (Å²) in [5.74, 6) is 0.509. The highest BCUT2D eigenvalue weighted by atomic mass is 19.1. The van der Waals surface area contributed by atoms with Crippen molar-refractivity contribution in [3.8, 4) is 0 Å². The largest absolute Gasteiger partial charge is 0.316 e. The molecule has 1 aromatic heterocycles. The van der Waals surface area contributed by atoms with Gasteiger partial charge in [-0.15, -0.1) is 0 Å². The maximum atomic E-state index is 13.6. The van der Waals surface area contributed by atoms with Crippen LogP contribution in [0, 0.1) is 18.7 Å². The molecule has 0 unspecified atom stereocenters. The molecule has 1 aliphatic heterocycles. The Labute approximate surface area is 137 Å². The number of benzene rings is 1. The van der Waals surface area contributed by atoms with Gasteiger partial charge in [-0.05, 0) is 67.2 Å². The van der Waals surface area contributed by atoms with Gasteiger partial charge in [-0.3, -0.25) is 9.88 Å². The van der Waals surface area contributed by atoms with Gasteiger partial charge in [0.1, 0.15) is 5.82 Å². The van der Waals surface area contributed by atoms with E-state index >= 15 is 0 Å². The van der Waals surface area contributed by atoms with Crippen LogP contribution < -0.4 is 5.32 Å². The molecular weight excluding hydrogens is 289 g/mol. The summed E-state index contributed by atoms with van der Waals surface area (Å²) in [6, 6.07) is 9.14. The molecule has 1 aliphatic rings. The Morgan fingerprint density at radius 3 is 2.96 bits per heavy atom. The predicted molar refractivity (Wildman–Crippen MR) is 90.5 cm³/mol. The molecule has 2 aromatic rings. The summed E-state index contributed by atoms with van der Waals surface area (Å²) in [5.41, 5.74) is 3.42. The highest BCUT2D eigenvalue weighted by Gasteiger charge is 2.19. The van der Waals surface area contributed by atoms with Gasteiger partial charge >= 0.3 is 0 Å². The summed E-state index contributed by atoms with van der Waals surface area (Å²) < 4.78 is 13.6. The van der Waals surface area contributed by atoms with Gasteiger partial charge in [-0.25, -0.2) is 4.39 Å². The second-order valence-corrected chi connectivity index (χ2v) is 6.46. The maximum Gasteiger partial charge on any atom is 0.123 e. The van der Waals surface area contributed by atoms with Crippen LogP contribution in [0.15, 0.2) is 42.7 Å². The zero-order chi connectivity index (χ0) is 16.1. The summed E-state index contributed by atoms with van der Waals surface area (Å²) >= 11 is 0. The Bertz CT molecular complexity index is 624. The summed E-state index contributed by atoms with van der Waals surface area (Å²) in [5, 5.41) is 3.43. The van der Waals surface area contributed by atoms with E-state index in [0.29, 0.717) is 5.92 Å². The number of aromatic nitrogens is 1. The quantitative estimate of drug-likeness (QED) is 0.888. The SMILES string of the molecule is Cc1ccc(F)cc1CN(Cc1cccnc1)C[C@H]1CCNC1. The zero-order valence-corrected chi connectivity index (χ0v) is 13.6. The molecule has 0 aliphatic carbocycles. The lowest BCUT2D eigenvalue weighted by atomic mass is 10.0. The number of rotatable bonds is 6. The fraction of sp³-hybridized carbons (Fsp3) is 0.421. The van der Waals surface area contributed by atoms with Crippen molar-refractivity contribution in [2.75, 3.05) is 19.6 Å². The fourth-order valence-corrected chi connectivity index (χ4v) is 3.22. The van der Waals surface area contributed by atoms with E-state index in [-0.39, 0.29) is 5.82 Å². The van der Waals surface area contributed by atoms with Crippen molar-refractivity contribution < 1.29 is 4.39 Å². The third kappa shape index (κ3) is 4.60. The normalized spacial score (nSPS) is 17.8. The van der Waals surface area contributed by atoms with Crippen molar-refractivity contribution in [2.24, 2.45) is 5.92 Å². The van der Waals surface area contributed by atoms with Crippen molar-refractivity contribution in [3.63, 3.8) is 0 Å². The van der Waals surface area contributed by atoms with Crippen molar-refractivity contribution in [2.45, 2.75) is 26.4 Å². The van der Waals surface area contributed by atoms with E-state index in [0.717, 1.165) is 43.9 Å². The molecule has 0 bridgehead atoms. The van der Waals surface area contributed by atoms with Crippen molar-refractivity contribution in [1.29, 1.82) is 0 Å². The second-order valence-electron chi connectivity index (χ2n) is 6.46. The number of pyridine rings is 1. The van der Waals surface area contributed by atoms with Crippen LogP contribution in [0.1, 0.15) is 23.1 Å². The molecule has 1 fully saturated rings. The lowest BCUT2D eigenvalue weighted by Gasteiger charge is -2.26. The maximum absolute atomic E-state index is 13.6. The number of hydrogen-bond donors (Lipinski definition) is 1. The molecule has 23 heavy (non-hydrogen) atoms. The molecule has 3 rings (SSSR count). The van der Waals surface area contributed by atoms with Crippen LogP contribution in [0.25, 0.3) is 0 Å². The molecule has 1 saturated heterocycles. The minimum absolute atomic E-state index is 0.158. The average Bonchev–Trinajstić information content (AvgIpc) is 3.05. The molecule has 2 heterocycles. The van der Waals surface area contributed by atoms with E-state index < -0.39 is 0 Å². The van der Waals surface area contributed by atoms with E-state index in [2.05, 4.69) is 21.3 Å². The van der Waals surface area contributed by atoms with Crippen LogP contribution in [0.4, 0.5) is 4.39 Å². The van der Waals surface area contributed by atoms with Crippen LogP contribution in [-0.4, -0.2) is 29.5 Å². The Morgan fingerprint density at radius 2 is 2.22 bits per heavy atom. The summed E-state index contributed by atoms with van der Waals surface area (Å²) in [4.78, 5) is 6.62. The van der Waals surface area contributed by atoms with E-state index in [1.807, 2.05) is 25.3 Å². The predicted octanol–water partition coefficient (Wildman–Crippen LogP) is 3.14. The minimum Gasteiger partial charge on any atom is -0.316 e. The van der Waals surface area contributed by atoms with Gasteiger partial charge in [0.15, 0.2) is 0 Å². The van der Waals surface area contributed by atoms with Crippen molar-refractivity contribution in [3.05, 3.63) is 65.2 Å². The van der Waals surface area contributed by atoms with Gasteiger partial charge in [0.2, 0.25) is 0 Å². The number of nitrogens with one attached hydrogen (secondary N) is 1. The summed E-state index contributed by atoms with van der Waals surface area (Å²) in [7, 11) is 0. The average molecular weight is 313 g/mol. The van der Waals surface area contributed by atoms with Crippen LogP contribution in [-0.2, 0) is 13.1 Å². The first kappa shape index (κ1) is 16.1. The molecule has 0 saturated carbocycles. The summed E-state index contributed by atoms with van der Waals surface area (Å²) in [6.45, 7) is 6.87. The Hall–Kier alpha value is -1.78. The van der Waals surface area contributed by atoms with E-state index in [1.54, 1.807) is 12.3 Å². The number of nitrogens with zero attached hydrogens (tertiary/aromatic N) is 2. The first-order chi connectivity index (χ1) is 11.2. The standard InChI is InChI=1S/C19H24FN3/c1-15-4-5-19(20)9-18(15)14-23(13-17-6-8-22-11-17)12-16-3-2-7-21-10-16/h2-5,7,9-10,17,22H,6,8,11-14H2,1H3/t17-/m0/s1. The molecule has 4 heteroatoms. The highest BCUT2D eigenvalue weighted by Crippen LogP contribution is 2.18. The number of halogens is 1. The minimum atomic E-state index is -0.158. The first-order valence-corrected chi connectivity index (χ1v) is 8.28. The van der Waals surface area contributed by atoms with Crippen molar-refractivity contribution in [1.82, 2.24) is 15.2 Å². The zero-order valence-electron chi connectivity index (χ0n) is 13.6. The molecule has 1 atom stereocenters. The van der Waals surface area contributed by atoms with Gasteiger partial charge in [0, 0.05) is 32.0 Å². The molecule has 1 aromatic carbocycles. The summed E-state index contributed by atoms with van der Waals surface area (Å²) in [6.07, 6.45) is 4.93. The monoisotopic (exact) mass is 313 g/mol. The fourth-order valence-electron chi connectivity index (χ4n) is 3.22. The molecule has 1 N–H and O–H groups in total. The second kappa shape index (κ2) is 7.66. The van der Waals surface area contributed by atoms with Gasteiger partial charge in [0.25, 0.3) is 0 Å². The Balaban J connectivity index is 1.74. The highest BCUT2D eigenvalue weighted by molar-refractivity contribution is 5.26. The van der Waals surface area contributed by atoms with Crippen LogP contribution in [0.5, 0.6) is 0 Å². The lowest BCUT2D eigenvalue weighted by molar-refractivity contribution is 0.220. The van der Waals surface area contributed by atoms with Gasteiger partial charge < -0.3 is 5.32 Å². The third-order valence-corrected chi connectivity index (χ3v) is 4.51. The Morgan fingerprint density at radius 1 is 1.30 bits per heavy atom. The molecule has 3 nitrogen and oxygen atoms in total. The van der Waals surface area contributed by atoms with Gasteiger partial charge in [-0.2, -0.15) is 0 Å². The topological polar surface area (TPSA) is 28.2 Å². The van der Waals surface area contributed by atoms with Crippen LogP contribution >= 0.6 is 0 Å². The number of hydrogen-bond acceptors (Lipinski definition) is 3. The Kier molecular flexibility index (Phi) is 5.36. The molecule has 122 valence electrons. The third-order valence-electron chi connectivity index (χ3n) is 4.51. The molecule has 0 spiro atoms. The number of aryl methyl sites for hydroxylation is 1. The molecule has 0 radical (unpaired) electrons. The van der Waals surface area contributed by atoms with E-state index in [4.69, 9.17) is 0 Å².